The minimum absolute atomic E-state index is 0.246. The van der Waals surface area contributed by atoms with Gasteiger partial charge in [0.25, 0.3) is 5.56 Å². The highest BCUT2D eigenvalue weighted by Gasteiger charge is 2.13. The molecule has 0 aliphatic rings. The summed E-state index contributed by atoms with van der Waals surface area (Å²) in [5.74, 6) is 6.01. The molecule has 3 aromatic rings. The van der Waals surface area contributed by atoms with Crippen LogP contribution >= 0.6 is 0 Å². The van der Waals surface area contributed by atoms with Crippen molar-refractivity contribution in [1.82, 2.24) is 19.9 Å². The van der Waals surface area contributed by atoms with E-state index in [0.717, 1.165) is 10.4 Å². The van der Waals surface area contributed by atoms with Gasteiger partial charge >= 0.3 is 0 Å². The van der Waals surface area contributed by atoms with E-state index in [1.165, 1.54) is 0 Å². The Hall–Kier alpha value is -2.83. The van der Waals surface area contributed by atoms with E-state index in [1.54, 1.807) is 6.92 Å². The van der Waals surface area contributed by atoms with E-state index in [2.05, 4.69) is 20.5 Å². The monoisotopic (exact) mass is 256 g/mol. The fraction of sp³-hybridized carbons (Fsp3) is 0.0833. The number of aryl methyl sites for hydroxylation is 1. The topological polar surface area (TPSA) is 102 Å². The van der Waals surface area contributed by atoms with Crippen LogP contribution in [0.15, 0.2) is 35.1 Å². The van der Waals surface area contributed by atoms with Crippen molar-refractivity contribution >= 4 is 22.7 Å². The highest BCUT2D eigenvalue weighted by Crippen LogP contribution is 2.14. The molecular weight excluding hydrogens is 244 g/mol. The van der Waals surface area contributed by atoms with Gasteiger partial charge in [-0.15, -0.1) is 0 Å². The summed E-state index contributed by atoms with van der Waals surface area (Å²) in [5.41, 5.74) is 1.45. The first-order chi connectivity index (χ1) is 9.16. The quantitative estimate of drug-likeness (QED) is 0.591. The molecule has 19 heavy (non-hydrogen) atoms. The standard InChI is InChI=1S/C12H12N6O/c1-7-9-10(17-16-7)15-12(18(13)11(9)19)14-8-5-3-2-4-6-8/h2-6H,13H2,1H3,(H2,14,15,16,17). The lowest BCUT2D eigenvalue weighted by molar-refractivity contribution is 0.923. The smallest absolute Gasteiger partial charge is 0.284 e. The fourth-order valence-electron chi connectivity index (χ4n) is 1.86. The molecular formula is C12H12N6O. The zero-order chi connectivity index (χ0) is 13.4. The number of para-hydroxylation sites is 1. The van der Waals surface area contributed by atoms with Gasteiger partial charge in [-0.3, -0.25) is 9.89 Å². The average molecular weight is 256 g/mol. The van der Waals surface area contributed by atoms with Crippen LogP contribution in [0.4, 0.5) is 11.6 Å². The number of H-pyrrole nitrogens is 1. The van der Waals surface area contributed by atoms with E-state index in [9.17, 15) is 4.79 Å². The van der Waals surface area contributed by atoms with Gasteiger partial charge < -0.3 is 11.2 Å². The highest BCUT2D eigenvalue weighted by molar-refractivity contribution is 5.78. The maximum absolute atomic E-state index is 12.1. The molecule has 0 atom stereocenters. The minimum Gasteiger partial charge on any atom is -0.333 e. The Balaban J connectivity index is 2.15. The molecule has 7 heteroatoms. The van der Waals surface area contributed by atoms with Crippen molar-refractivity contribution in [2.75, 3.05) is 11.2 Å². The van der Waals surface area contributed by atoms with Crippen LogP contribution in [-0.2, 0) is 0 Å². The molecule has 1 aromatic carbocycles. The largest absolute Gasteiger partial charge is 0.333 e. The molecule has 0 saturated heterocycles. The molecule has 2 heterocycles. The van der Waals surface area contributed by atoms with E-state index in [1.807, 2.05) is 30.3 Å². The maximum atomic E-state index is 12.1. The molecule has 0 aliphatic heterocycles. The van der Waals surface area contributed by atoms with Crippen molar-refractivity contribution in [3.63, 3.8) is 0 Å². The molecule has 0 amide bonds. The normalized spacial score (nSPS) is 10.8. The number of nitrogens with one attached hydrogen (secondary N) is 2. The van der Waals surface area contributed by atoms with Gasteiger partial charge in [0.1, 0.15) is 5.39 Å². The summed E-state index contributed by atoms with van der Waals surface area (Å²) in [6, 6.07) is 9.35. The number of aromatic amines is 1. The number of nitrogen functional groups attached to an aromatic ring is 1. The summed E-state index contributed by atoms with van der Waals surface area (Å²) in [5, 5.41) is 10.1. The lowest BCUT2D eigenvalue weighted by atomic mass is 10.3. The number of fused-ring (bicyclic) bond motifs is 1. The van der Waals surface area contributed by atoms with Gasteiger partial charge in [-0.25, -0.2) is 0 Å². The van der Waals surface area contributed by atoms with Gasteiger partial charge in [-0.05, 0) is 19.1 Å². The number of anilines is 2. The van der Waals surface area contributed by atoms with E-state index in [-0.39, 0.29) is 11.5 Å². The summed E-state index contributed by atoms with van der Waals surface area (Å²) in [6.07, 6.45) is 0. The van der Waals surface area contributed by atoms with Crippen molar-refractivity contribution in [3.8, 4) is 0 Å². The second-order valence-electron chi connectivity index (χ2n) is 4.15. The van der Waals surface area contributed by atoms with Gasteiger partial charge in [0, 0.05) is 11.4 Å². The van der Waals surface area contributed by atoms with E-state index < -0.39 is 0 Å². The Bertz CT molecular complexity index is 789. The molecule has 2 aromatic heterocycles. The van der Waals surface area contributed by atoms with Gasteiger partial charge in [0.15, 0.2) is 5.65 Å². The van der Waals surface area contributed by atoms with Crippen molar-refractivity contribution in [2.45, 2.75) is 6.92 Å². The van der Waals surface area contributed by atoms with Crippen molar-refractivity contribution in [3.05, 3.63) is 46.4 Å². The average Bonchev–Trinajstić information content (AvgIpc) is 2.78. The van der Waals surface area contributed by atoms with E-state index in [4.69, 9.17) is 5.84 Å². The molecule has 96 valence electrons. The molecule has 0 aliphatic carbocycles. The number of hydrogen-bond donors (Lipinski definition) is 3. The zero-order valence-corrected chi connectivity index (χ0v) is 10.2. The van der Waals surface area contributed by atoms with Crippen LogP contribution in [0.1, 0.15) is 5.69 Å². The number of nitrogens with two attached hydrogens (primary N) is 1. The Kier molecular flexibility index (Phi) is 2.45. The van der Waals surface area contributed by atoms with Gasteiger partial charge in [0.05, 0.1) is 0 Å². The first kappa shape index (κ1) is 11.3. The molecule has 0 unspecified atom stereocenters. The molecule has 7 nitrogen and oxygen atoms in total. The Labute approximate surface area is 108 Å². The summed E-state index contributed by atoms with van der Waals surface area (Å²) in [7, 11) is 0. The van der Waals surface area contributed by atoms with Gasteiger partial charge in [-0.2, -0.15) is 14.8 Å². The third kappa shape index (κ3) is 1.81. The fourth-order valence-corrected chi connectivity index (χ4v) is 1.86. The molecule has 0 radical (unpaired) electrons. The van der Waals surface area contributed by atoms with Crippen LogP contribution in [0.2, 0.25) is 0 Å². The summed E-state index contributed by atoms with van der Waals surface area (Å²) in [4.78, 5) is 16.4. The SMILES string of the molecule is Cc1[nH]nc2nc(Nc3ccccc3)n(N)c(=O)c12. The molecule has 0 fully saturated rings. The second-order valence-corrected chi connectivity index (χ2v) is 4.15. The number of nitrogens with zero attached hydrogens (tertiary/aromatic N) is 3. The van der Waals surface area contributed by atoms with Crippen LogP contribution in [0.3, 0.4) is 0 Å². The molecule has 3 rings (SSSR count). The van der Waals surface area contributed by atoms with Crippen LogP contribution in [0, 0.1) is 6.92 Å². The third-order valence-corrected chi connectivity index (χ3v) is 2.83. The van der Waals surface area contributed by atoms with Crippen molar-refractivity contribution in [1.29, 1.82) is 0 Å². The van der Waals surface area contributed by atoms with E-state index in [0.29, 0.717) is 16.7 Å². The summed E-state index contributed by atoms with van der Waals surface area (Å²) in [6.45, 7) is 1.75. The van der Waals surface area contributed by atoms with Gasteiger partial charge in [0.2, 0.25) is 5.95 Å². The van der Waals surface area contributed by atoms with Crippen LogP contribution < -0.4 is 16.7 Å². The molecule has 4 N–H and O–H groups in total. The minimum atomic E-state index is -0.338. The number of benzene rings is 1. The van der Waals surface area contributed by atoms with Crippen molar-refractivity contribution in [2.24, 2.45) is 0 Å². The van der Waals surface area contributed by atoms with Crippen LogP contribution in [-0.4, -0.2) is 19.9 Å². The third-order valence-electron chi connectivity index (χ3n) is 2.83. The molecule has 0 spiro atoms. The summed E-state index contributed by atoms with van der Waals surface area (Å²) < 4.78 is 0.984. The number of hydrogen-bond acceptors (Lipinski definition) is 5. The van der Waals surface area contributed by atoms with Crippen LogP contribution in [0.25, 0.3) is 11.0 Å². The molecule has 0 saturated carbocycles. The predicted octanol–water partition coefficient (Wildman–Crippen LogP) is 0.885. The first-order valence-electron chi connectivity index (χ1n) is 5.71. The maximum Gasteiger partial charge on any atom is 0.284 e. The number of rotatable bonds is 2. The Morgan fingerprint density at radius 1 is 1.32 bits per heavy atom. The summed E-state index contributed by atoms with van der Waals surface area (Å²) >= 11 is 0. The van der Waals surface area contributed by atoms with Gasteiger partial charge in [-0.1, -0.05) is 18.2 Å². The predicted molar refractivity (Wildman–Crippen MR) is 72.8 cm³/mol. The zero-order valence-electron chi connectivity index (χ0n) is 10.2. The highest BCUT2D eigenvalue weighted by atomic mass is 16.1. The molecule has 0 bridgehead atoms. The van der Waals surface area contributed by atoms with Crippen molar-refractivity contribution < 1.29 is 0 Å². The van der Waals surface area contributed by atoms with Crippen LogP contribution in [0.5, 0.6) is 0 Å². The Morgan fingerprint density at radius 2 is 2.05 bits per heavy atom. The first-order valence-corrected chi connectivity index (χ1v) is 5.71. The Morgan fingerprint density at radius 3 is 2.79 bits per heavy atom. The second kappa shape index (κ2) is 4.13. The lowest BCUT2D eigenvalue weighted by Crippen LogP contribution is -2.30. The number of aromatic nitrogens is 4. The lowest BCUT2D eigenvalue weighted by Gasteiger charge is -2.09. The van der Waals surface area contributed by atoms with E-state index >= 15 is 0 Å².